The van der Waals surface area contributed by atoms with E-state index >= 15 is 0 Å². The number of hydrogen-bond donors (Lipinski definition) is 2. The fraction of sp³-hybridized carbons (Fsp3) is 0.429. The zero-order chi connectivity index (χ0) is 14.4. The number of anilines is 2. The number of benzene rings is 1. The van der Waals surface area contributed by atoms with Crippen molar-refractivity contribution in [2.45, 2.75) is 20.3 Å². The highest BCUT2D eigenvalue weighted by atomic mass is 16.4. The van der Waals surface area contributed by atoms with Gasteiger partial charge in [0.05, 0.1) is 29.4 Å². The molecule has 3 N–H and O–H groups in total. The molecule has 0 saturated carbocycles. The standard InChI is InChI=1S/C14H19N3O2/c1-10(2)9-17(7-3-6-15)13-5-4-11(14(18)19)8-12(13)16/h4-5,8,10H,3,7,9,16H2,1-2H3,(H,18,19). The fourth-order valence-corrected chi connectivity index (χ4v) is 1.91. The molecule has 5 nitrogen and oxygen atoms in total. The molecule has 1 aromatic rings. The van der Waals surface area contributed by atoms with Gasteiger partial charge in [0.1, 0.15) is 0 Å². The lowest BCUT2D eigenvalue weighted by atomic mass is 10.1. The Morgan fingerprint density at radius 3 is 2.68 bits per heavy atom. The van der Waals surface area contributed by atoms with Gasteiger partial charge in [-0.05, 0) is 24.1 Å². The Bertz CT molecular complexity index is 492. The Morgan fingerprint density at radius 2 is 2.21 bits per heavy atom. The van der Waals surface area contributed by atoms with Gasteiger partial charge in [0.25, 0.3) is 0 Å². The van der Waals surface area contributed by atoms with Crippen LogP contribution in [0.2, 0.25) is 0 Å². The Balaban J connectivity index is 3.01. The van der Waals surface area contributed by atoms with Gasteiger partial charge in [0, 0.05) is 13.1 Å². The molecule has 102 valence electrons. The summed E-state index contributed by atoms with van der Waals surface area (Å²) in [5, 5.41) is 17.6. The molecular weight excluding hydrogens is 242 g/mol. The van der Waals surface area contributed by atoms with Crippen molar-refractivity contribution in [2.75, 3.05) is 23.7 Å². The Labute approximate surface area is 113 Å². The average Bonchev–Trinajstić information content (AvgIpc) is 2.34. The van der Waals surface area contributed by atoms with Gasteiger partial charge < -0.3 is 15.7 Å². The van der Waals surface area contributed by atoms with E-state index in [4.69, 9.17) is 16.1 Å². The number of carboxylic acid groups (broad SMARTS) is 1. The maximum atomic E-state index is 10.9. The summed E-state index contributed by atoms with van der Waals surface area (Å²) < 4.78 is 0. The highest BCUT2D eigenvalue weighted by molar-refractivity contribution is 5.90. The van der Waals surface area contributed by atoms with E-state index in [-0.39, 0.29) is 5.56 Å². The third-order valence-electron chi connectivity index (χ3n) is 2.69. The molecule has 0 bridgehead atoms. The molecule has 0 aliphatic rings. The van der Waals surface area contributed by atoms with Crippen LogP contribution in [0, 0.1) is 17.2 Å². The zero-order valence-electron chi connectivity index (χ0n) is 11.3. The molecule has 0 saturated heterocycles. The van der Waals surface area contributed by atoms with E-state index in [1.165, 1.54) is 12.1 Å². The van der Waals surface area contributed by atoms with Crippen LogP contribution in [-0.2, 0) is 0 Å². The number of rotatable bonds is 6. The molecule has 0 heterocycles. The van der Waals surface area contributed by atoms with E-state index in [0.29, 0.717) is 24.6 Å². The third-order valence-corrected chi connectivity index (χ3v) is 2.69. The van der Waals surface area contributed by atoms with Crippen LogP contribution in [0.5, 0.6) is 0 Å². The van der Waals surface area contributed by atoms with Crippen LogP contribution in [0.4, 0.5) is 11.4 Å². The van der Waals surface area contributed by atoms with Crippen molar-refractivity contribution in [3.63, 3.8) is 0 Å². The Morgan fingerprint density at radius 1 is 1.53 bits per heavy atom. The van der Waals surface area contributed by atoms with Gasteiger partial charge in [-0.15, -0.1) is 0 Å². The van der Waals surface area contributed by atoms with Gasteiger partial charge in [-0.2, -0.15) is 5.26 Å². The lowest BCUT2D eigenvalue weighted by Gasteiger charge is -2.27. The van der Waals surface area contributed by atoms with Crippen LogP contribution in [0.1, 0.15) is 30.6 Å². The maximum Gasteiger partial charge on any atom is 0.335 e. The van der Waals surface area contributed by atoms with E-state index in [9.17, 15) is 4.79 Å². The number of carboxylic acids is 1. The molecule has 0 aliphatic heterocycles. The first kappa shape index (κ1) is 14.8. The number of nitrogens with zero attached hydrogens (tertiary/aromatic N) is 2. The number of nitrogen functional groups attached to an aromatic ring is 1. The molecule has 0 radical (unpaired) electrons. The molecule has 0 amide bonds. The summed E-state index contributed by atoms with van der Waals surface area (Å²) in [7, 11) is 0. The van der Waals surface area contributed by atoms with Gasteiger partial charge in [-0.25, -0.2) is 4.79 Å². The second-order valence-electron chi connectivity index (χ2n) is 4.83. The van der Waals surface area contributed by atoms with E-state index < -0.39 is 5.97 Å². The molecule has 0 aromatic heterocycles. The average molecular weight is 261 g/mol. The van der Waals surface area contributed by atoms with Crippen molar-refractivity contribution >= 4 is 17.3 Å². The van der Waals surface area contributed by atoms with Gasteiger partial charge >= 0.3 is 5.97 Å². The summed E-state index contributed by atoms with van der Waals surface area (Å²) in [6.45, 7) is 5.53. The van der Waals surface area contributed by atoms with E-state index in [1.807, 2.05) is 4.90 Å². The lowest BCUT2D eigenvalue weighted by Crippen LogP contribution is -2.29. The minimum atomic E-state index is -0.995. The summed E-state index contributed by atoms with van der Waals surface area (Å²) in [6, 6.07) is 6.81. The second-order valence-corrected chi connectivity index (χ2v) is 4.83. The van der Waals surface area contributed by atoms with Gasteiger partial charge in [-0.3, -0.25) is 0 Å². The normalized spacial score (nSPS) is 10.2. The molecule has 19 heavy (non-hydrogen) atoms. The van der Waals surface area contributed by atoms with E-state index in [1.54, 1.807) is 6.07 Å². The van der Waals surface area contributed by atoms with Crippen molar-refractivity contribution in [1.29, 1.82) is 5.26 Å². The van der Waals surface area contributed by atoms with Crippen molar-refractivity contribution < 1.29 is 9.90 Å². The van der Waals surface area contributed by atoms with E-state index in [2.05, 4.69) is 19.9 Å². The third kappa shape index (κ3) is 4.18. The van der Waals surface area contributed by atoms with Crippen LogP contribution in [0.15, 0.2) is 18.2 Å². The quantitative estimate of drug-likeness (QED) is 0.767. The number of nitrogens with two attached hydrogens (primary N) is 1. The Kier molecular flexibility index (Phi) is 5.19. The second kappa shape index (κ2) is 6.64. The molecule has 1 aromatic carbocycles. The molecule has 0 aliphatic carbocycles. The number of carbonyl (C=O) groups is 1. The first-order valence-electron chi connectivity index (χ1n) is 6.20. The van der Waals surface area contributed by atoms with Crippen LogP contribution >= 0.6 is 0 Å². The topological polar surface area (TPSA) is 90.3 Å². The number of nitriles is 1. The summed E-state index contributed by atoms with van der Waals surface area (Å²) in [6.07, 6.45) is 0.410. The zero-order valence-corrected chi connectivity index (χ0v) is 11.3. The highest BCUT2D eigenvalue weighted by Gasteiger charge is 2.13. The Hall–Kier alpha value is -2.22. The fourth-order valence-electron chi connectivity index (χ4n) is 1.91. The molecule has 0 unspecified atom stereocenters. The smallest absolute Gasteiger partial charge is 0.335 e. The molecule has 0 spiro atoms. The van der Waals surface area contributed by atoms with Crippen molar-refractivity contribution in [3.05, 3.63) is 23.8 Å². The van der Waals surface area contributed by atoms with Crippen LogP contribution in [-0.4, -0.2) is 24.2 Å². The van der Waals surface area contributed by atoms with Crippen LogP contribution in [0.3, 0.4) is 0 Å². The molecular formula is C14H19N3O2. The van der Waals surface area contributed by atoms with Crippen molar-refractivity contribution in [3.8, 4) is 6.07 Å². The minimum absolute atomic E-state index is 0.172. The predicted molar refractivity (Wildman–Crippen MR) is 75.1 cm³/mol. The maximum absolute atomic E-state index is 10.9. The first-order chi connectivity index (χ1) is 8.95. The van der Waals surface area contributed by atoms with Crippen LogP contribution in [0.25, 0.3) is 0 Å². The van der Waals surface area contributed by atoms with Crippen molar-refractivity contribution in [1.82, 2.24) is 0 Å². The largest absolute Gasteiger partial charge is 0.478 e. The lowest BCUT2D eigenvalue weighted by molar-refractivity contribution is 0.0697. The van der Waals surface area contributed by atoms with Gasteiger partial charge in [0.2, 0.25) is 0 Å². The number of aromatic carboxylic acids is 1. The molecule has 5 heteroatoms. The minimum Gasteiger partial charge on any atom is -0.478 e. The first-order valence-corrected chi connectivity index (χ1v) is 6.20. The van der Waals surface area contributed by atoms with Crippen molar-refractivity contribution in [2.24, 2.45) is 5.92 Å². The summed E-state index contributed by atoms with van der Waals surface area (Å²) in [5.74, 6) is -0.567. The van der Waals surface area contributed by atoms with Gasteiger partial charge in [0.15, 0.2) is 0 Å². The summed E-state index contributed by atoms with van der Waals surface area (Å²) in [5.41, 5.74) is 7.31. The highest BCUT2D eigenvalue weighted by Crippen LogP contribution is 2.25. The van der Waals surface area contributed by atoms with Gasteiger partial charge in [-0.1, -0.05) is 13.8 Å². The SMILES string of the molecule is CC(C)CN(CCC#N)c1ccc(C(=O)O)cc1N. The predicted octanol–water partition coefficient (Wildman–Crippen LogP) is 2.34. The summed E-state index contributed by atoms with van der Waals surface area (Å²) in [4.78, 5) is 12.9. The van der Waals surface area contributed by atoms with E-state index in [0.717, 1.165) is 12.2 Å². The summed E-state index contributed by atoms with van der Waals surface area (Å²) >= 11 is 0. The molecule has 1 rings (SSSR count). The monoisotopic (exact) mass is 261 g/mol. The number of hydrogen-bond acceptors (Lipinski definition) is 4. The molecule has 0 fully saturated rings. The van der Waals surface area contributed by atoms with Crippen LogP contribution < -0.4 is 10.6 Å². The molecule has 0 atom stereocenters.